The van der Waals surface area contributed by atoms with Gasteiger partial charge in [0.05, 0.1) is 11.9 Å². The first-order chi connectivity index (χ1) is 20.9. The summed E-state index contributed by atoms with van der Waals surface area (Å²) in [5.41, 5.74) is 5.49. The van der Waals surface area contributed by atoms with Gasteiger partial charge in [0.25, 0.3) is 5.91 Å². The predicted octanol–water partition coefficient (Wildman–Crippen LogP) is 5.95. The van der Waals surface area contributed by atoms with Crippen LogP contribution in [0.3, 0.4) is 0 Å². The number of unbranched alkanes of at least 4 members (excludes halogenated alkanes) is 1. The number of ether oxygens (including phenoxy) is 1. The number of benzene rings is 3. The average Bonchev–Trinajstić information content (AvgIpc) is 2.97. The number of nitrogens with zero attached hydrogens (tertiary/aromatic N) is 2. The van der Waals surface area contributed by atoms with Crippen molar-refractivity contribution in [1.29, 1.82) is 0 Å². The molecule has 14 heteroatoms. The van der Waals surface area contributed by atoms with Crippen LogP contribution in [-0.2, 0) is 16.6 Å². The predicted molar refractivity (Wildman–Crippen MR) is 172 cm³/mol. The number of carbonyl (C=O) groups is 2. The first kappa shape index (κ1) is 35.5. The van der Waals surface area contributed by atoms with Gasteiger partial charge in [0, 0.05) is 37.9 Å². The lowest BCUT2D eigenvalue weighted by atomic mass is 10.0. The summed E-state index contributed by atoms with van der Waals surface area (Å²) in [5, 5.41) is 2.51. The Bertz CT molecular complexity index is 1570. The second-order valence-electron chi connectivity index (χ2n) is 10.8. The zero-order chi connectivity index (χ0) is 31.9. The van der Waals surface area contributed by atoms with Gasteiger partial charge < -0.3 is 20.7 Å². The highest BCUT2D eigenvalue weighted by molar-refractivity contribution is 7.92. The van der Waals surface area contributed by atoms with Gasteiger partial charge in [-0.1, -0.05) is 25.5 Å². The van der Waals surface area contributed by atoms with E-state index in [0.29, 0.717) is 23.7 Å². The third-order valence-electron chi connectivity index (χ3n) is 7.31. The number of nitrogens with one attached hydrogen (secondary N) is 2. The molecule has 244 valence electrons. The zero-order valence-corrected chi connectivity index (χ0v) is 26.7. The molecule has 0 atom stereocenters. The number of carbonyl (C=O) groups excluding carboxylic acids is 2. The van der Waals surface area contributed by atoms with Crippen molar-refractivity contribution in [3.63, 3.8) is 0 Å². The lowest BCUT2D eigenvalue weighted by molar-refractivity contribution is 0.0992. The second kappa shape index (κ2) is 15.9. The van der Waals surface area contributed by atoms with Gasteiger partial charge in [-0.25, -0.2) is 22.0 Å². The first-order valence-corrected chi connectivity index (χ1v) is 16.2. The van der Waals surface area contributed by atoms with Crippen LogP contribution in [0.5, 0.6) is 11.5 Å². The van der Waals surface area contributed by atoms with Crippen molar-refractivity contribution in [2.45, 2.75) is 45.2 Å². The molecule has 0 unspecified atom stereocenters. The number of amides is 3. The molecule has 3 aromatic rings. The second-order valence-corrected chi connectivity index (χ2v) is 12.5. The van der Waals surface area contributed by atoms with Crippen molar-refractivity contribution in [2.24, 2.45) is 5.73 Å². The number of anilines is 2. The van der Waals surface area contributed by atoms with Gasteiger partial charge in [0.1, 0.15) is 22.9 Å². The molecule has 1 saturated heterocycles. The van der Waals surface area contributed by atoms with Gasteiger partial charge in [0.15, 0.2) is 5.82 Å². The van der Waals surface area contributed by atoms with E-state index in [9.17, 15) is 26.8 Å². The normalized spacial score (nSPS) is 13.9. The molecule has 1 aliphatic heterocycles. The van der Waals surface area contributed by atoms with Crippen LogP contribution in [-0.4, -0.2) is 62.1 Å². The third kappa shape index (κ3) is 10.0. The van der Waals surface area contributed by atoms with E-state index in [-0.39, 0.29) is 24.1 Å². The summed E-state index contributed by atoms with van der Waals surface area (Å²) in [6, 6.07) is 15.8. The Hall–Kier alpha value is -3.94. The fourth-order valence-electron chi connectivity index (χ4n) is 5.09. The van der Waals surface area contributed by atoms with E-state index in [4.69, 9.17) is 10.5 Å². The van der Waals surface area contributed by atoms with E-state index >= 15 is 0 Å². The van der Waals surface area contributed by atoms with Crippen LogP contribution in [0.15, 0.2) is 60.7 Å². The molecular formula is C31H38ClF2N5O5S. The van der Waals surface area contributed by atoms with Gasteiger partial charge >= 0.3 is 6.03 Å². The lowest BCUT2D eigenvalue weighted by Crippen LogP contribution is -2.49. The van der Waals surface area contributed by atoms with Crippen LogP contribution in [0.1, 0.15) is 48.5 Å². The van der Waals surface area contributed by atoms with E-state index in [0.717, 1.165) is 69.3 Å². The fourth-order valence-corrected chi connectivity index (χ4v) is 5.66. The summed E-state index contributed by atoms with van der Waals surface area (Å²) in [4.78, 5) is 28.7. The Balaban J connectivity index is 0.00000552. The minimum Gasteiger partial charge on any atom is -0.457 e. The molecule has 4 rings (SSSR count). The van der Waals surface area contributed by atoms with Crippen molar-refractivity contribution >= 4 is 45.7 Å². The van der Waals surface area contributed by atoms with Crippen LogP contribution in [0.4, 0.5) is 25.0 Å². The highest BCUT2D eigenvalue weighted by Gasteiger charge is 2.29. The molecule has 4 N–H and O–H groups in total. The number of primary amides is 1. The van der Waals surface area contributed by atoms with E-state index in [1.807, 2.05) is 31.2 Å². The topological polar surface area (TPSA) is 134 Å². The fraction of sp³-hybridized carbons (Fsp3) is 0.355. The molecule has 10 nitrogen and oxygen atoms in total. The molecule has 45 heavy (non-hydrogen) atoms. The molecule has 3 amide bonds. The summed E-state index contributed by atoms with van der Waals surface area (Å²) in [7, 11) is -3.35. The number of sulfonamides is 1. The quantitative estimate of drug-likeness (QED) is 0.219. The number of hydrogen-bond acceptors (Lipinski definition) is 6. The molecule has 0 bridgehead atoms. The van der Waals surface area contributed by atoms with E-state index in [2.05, 4.69) is 14.9 Å². The Morgan fingerprint density at radius 2 is 1.60 bits per heavy atom. The third-order valence-corrected chi connectivity index (χ3v) is 7.92. The number of likely N-dealkylation sites (tertiary alicyclic amines) is 1. The summed E-state index contributed by atoms with van der Waals surface area (Å²) in [6.45, 7) is 4.73. The summed E-state index contributed by atoms with van der Waals surface area (Å²) in [6.07, 6.45) is 4.17. The number of urea groups is 1. The van der Waals surface area contributed by atoms with Crippen molar-refractivity contribution < 1.29 is 31.5 Å². The van der Waals surface area contributed by atoms with Gasteiger partial charge in [0.2, 0.25) is 10.0 Å². The maximum Gasteiger partial charge on any atom is 0.322 e. The largest absolute Gasteiger partial charge is 0.457 e. The Morgan fingerprint density at radius 1 is 1.00 bits per heavy atom. The number of nitrogens with two attached hydrogens (primary N) is 1. The number of piperidine rings is 1. The molecule has 0 aromatic heterocycles. The maximum absolute atomic E-state index is 14.7. The number of hydrogen-bond donors (Lipinski definition) is 3. The lowest BCUT2D eigenvalue weighted by Gasteiger charge is -2.38. The zero-order valence-electron chi connectivity index (χ0n) is 25.1. The van der Waals surface area contributed by atoms with Gasteiger partial charge in [-0.2, -0.15) is 0 Å². The summed E-state index contributed by atoms with van der Waals surface area (Å²) >= 11 is 0. The standard InChI is InChI=1S/C31H37F2N5O5S.ClH/c1-3-4-17-38(31(40)35-27-14-13-26(32)28(29(27)33)30(34)39)23-15-18-37(19-16-23)20-21-5-9-24(10-6-21)43-25-11-7-22(8-12-25)36-44(2,41)42;/h5-14,23,36H,3-4,15-20H2,1-2H3,(H2,34,39)(H,35,40);1H. The summed E-state index contributed by atoms with van der Waals surface area (Å²) in [5.74, 6) is -2.29. The van der Waals surface area contributed by atoms with Crippen molar-refractivity contribution in [1.82, 2.24) is 9.80 Å². The Kier molecular flexibility index (Phi) is 12.5. The minimum atomic E-state index is -3.35. The molecule has 1 aliphatic rings. The van der Waals surface area contributed by atoms with Crippen molar-refractivity contribution in [3.8, 4) is 11.5 Å². The summed E-state index contributed by atoms with van der Waals surface area (Å²) < 4.78 is 59.7. The SMILES string of the molecule is CCCCN(C(=O)Nc1ccc(F)c(C(N)=O)c1F)C1CCN(Cc2ccc(Oc3ccc(NS(C)(=O)=O)cc3)cc2)CC1.Cl. The maximum atomic E-state index is 14.7. The van der Waals surface area contributed by atoms with Gasteiger partial charge in [-0.15, -0.1) is 12.4 Å². The van der Waals surface area contributed by atoms with Gasteiger partial charge in [-0.3, -0.25) is 14.4 Å². The molecule has 3 aromatic carbocycles. The minimum absolute atomic E-state index is 0. The molecule has 0 aliphatic carbocycles. The highest BCUT2D eigenvalue weighted by atomic mass is 35.5. The average molecular weight is 666 g/mol. The Labute approximate surface area is 268 Å². The van der Waals surface area contributed by atoms with Crippen LogP contribution in [0.2, 0.25) is 0 Å². The van der Waals surface area contributed by atoms with E-state index < -0.39 is 39.2 Å². The molecule has 0 radical (unpaired) electrons. The van der Waals surface area contributed by atoms with Crippen molar-refractivity contribution in [2.75, 3.05) is 35.9 Å². The van der Waals surface area contributed by atoms with Crippen molar-refractivity contribution in [3.05, 3.63) is 83.4 Å². The molecule has 1 heterocycles. The smallest absolute Gasteiger partial charge is 0.322 e. The Morgan fingerprint density at radius 3 is 2.16 bits per heavy atom. The molecule has 0 saturated carbocycles. The van der Waals surface area contributed by atoms with E-state index in [1.54, 1.807) is 29.2 Å². The number of rotatable bonds is 12. The first-order valence-electron chi connectivity index (χ1n) is 14.4. The monoisotopic (exact) mass is 665 g/mol. The van der Waals surface area contributed by atoms with Crippen LogP contribution in [0.25, 0.3) is 0 Å². The van der Waals surface area contributed by atoms with Crippen LogP contribution in [0, 0.1) is 11.6 Å². The molecule has 0 spiro atoms. The van der Waals surface area contributed by atoms with E-state index in [1.165, 1.54) is 0 Å². The highest BCUT2D eigenvalue weighted by Crippen LogP contribution is 2.26. The molecule has 1 fully saturated rings. The van der Waals surface area contributed by atoms with Crippen LogP contribution < -0.4 is 20.5 Å². The van der Waals surface area contributed by atoms with Gasteiger partial charge in [-0.05, 0) is 73.4 Å². The number of halogens is 3. The molecular weight excluding hydrogens is 628 g/mol. The van der Waals surface area contributed by atoms with Crippen LogP contribution >= 0.6 is 12.4 Å².